The summed E-state index contributed by atoms with van der Waals surface area (Å²) in [5.74, 6) is 1.03. The van der Waals surface area contributed by atoms with E-state index in [1.807, 2.05) is 84.4 Å². The number of fused-ring (bicyclic) bond motifs is 1. The topological polar surface area (TPSA) is 69.6 Å². The van der Waals surface area contributed by atoms with Gasteiger partial charge in [-0.1, -0.05) is 47.2 Å². The van der Waals surface area contributed by atoms with Crippen molar-refractivity contribution in [3.63, 3.8) is 0 Å². The Morgan fingerprint density at radius 2 is 1.39 bits per heavy atom. The van der Waals surface area contributed by atoms with Crippen LogP contribution in [0.4, 0.5) is 0 Å². The molecule has 5 rings (SSSR count). The van der Waals surface area contributed by atoms with Gasteiger partial charge < -0.3 is 4.42 Å². The molecule has 0 bridgehead atoms. The highest BCUT2D eigenvalue weighted by molar-refractivity contribution is 5.73. The standard InChI is InChI=1S/C22H17N5O/c1-15-6-10-17(11-7-15)21-24-25-22(28-21)18-12-8-16(9-13-18)14-27-20-5-3-2-4-19(20)23-26-27/h2-13H,14H2,1H3. The summed E-state index contributed by atoms with van der Waals surface area (Å²) in [6, 6.07) is 24.0. The number of aromatic nitrogens is 5. The lowest BCUT2D eigenvalue weighted by atomic mass is 10.1. The molecule has 0 unspecified atom stereocenters. The lowest BCUT2D eigenvalue weighted by Gasteiger charge is -2.03. The molecule has 0 saturated heterocycles. The van der Waals surface area contributed by atoms with Crippen molar-refractivity contribution >= 4 is 11.0 Å². The van der Waals surface area contributed by atoms with Crippen molar-refractivity contribution in [1.29, 1.82) is 0 Å². The summed E-state index contributed by atoms with van der Waals surface area (Å²) in [6.07, 6.45) is 0. The zero-order valence-electron chi connectivity index (χ0n) is 15.3. The molecule has 2 aromatic heterocycles. The second kappa shape index (κ2) is 6.74. The smallest absolute Gasteiger partial charge is 0.248 e. The van der Waals surface area contributed by atoms with Crippen molar-refractivity contribution in [1.82, 2.24) is 25.2 Å². The van der Waals surface area contributed by atoms with Gasteiger partial charge in [-0.2, -0.15) is 0 Å². The first-order valence-electron chi connectivity index (χ1n) is 9.04. The maximum atomic E-state index is 5.85. The molecule has 6 nitrogen and oxygen atoms in total. The van der Waals surface area contributed by atoms with Crippen LogP contribution in [0.2, 0.25) is 0 Å². The quantitative estimate of drug-likeness (QED) is 0.468. The molecule has 0 N–H and O–H groups in total. The van der Waals surface area contributed by atoms with Gasteiger partial charge in [-0.3, -0.25) is 0 Å². The van der Waals surface area contributed by atoms with Crippen molar-refractivity contribution in [2.75, 3.05) is 0 Å². The predicted octanol–water partition coefficient (Wildman–Crippen LogP) is 4.51. The summed E-state index contributed by atoms with van der Waals surface area (Å²) in [5, 5.41) is 16.8. The van der Waals surface area contributed by atoms with Crippen LogP contribution in [-0.4, -0.2) is 25.2 Å². The Hall–Kier alpha value is -3.80. The third-order valence-electron chi connectivity index (χ3n) is 4.68. The SMILES string of the molecule is Cc1ccc(-c2nnc(-c3ccc(Cn4nnc5ccccc54)cc3)o2)cc1. The van der Waals surface area contributed by atoms with Gasteiger partial charge in [-0.15, -0.1) is 15.3 Å². The highest BCUT2D eigenvalue weighted by Gasteiger charge is 2.11. The van der Waals surface area contributed by atoms with Crippen LogP contribution >= 0.6 is 0 Å². The van der Waals surface area contributed by atoms with Crippen molar-refractivity contribution in [2.24, 2.45) is 0 Å². The Balaban J connectivity index is 1.37. The average molecular weight is 367 g/mol. The van der Waals surface area contributed by atoms with E-state index >= 15 is 0 Å². The molecule has 0 spiro atoms. The van der Waals surface area contributed by atoms with E-state index in [0.717, 1.165) is 27.7 Å². The fraction of sp³-hybridized carbons (Fsp3) is 0.0909. The van der Waals surface area contributed by atoms with Gasteiger partial charge in [0.05, 0.1) is 12.1 Å². The van der Waals surface area contributed by atoms with Gasteiger partial charge in [-0.05, 0) is 48.9 Å². The van der Waals surface area contributed by atoms with Gasteiger partial charge in [0.2, 0.25) is 11.8 Å². The Labute approximate surface area is 161 Å². The van der Waals surface area contributed by atoms with Crippen LogP contribution in [0.25, 0.3) is 33.9 Å². The molecule has 0 saturated carbocycles. The lowest BCUT2D eigenvalue weighted by Crippen LogP contribution is -2.01. The molecule has 0 atom stereocenters. The first kappa shape index (κ1) is 16.4. The summed E-state index contributed by atoms with van der Waals surface area (Å²) in [6.45, 7) is 2.70. The van der Waals surface area contributed by atoms with E-state index in [9.17, 15) is 0 Å². The number of hydrogen-bond acceptors (Lipinski definition) is 5. The Morgan fingerprint density at radius 3 is 2.11 bits per heavy atom. The van der Waals surface area contributed by atoms with E-state index in [4.69, 9.17) is 4.42 Å². The van der Waals surface area contributed by atoms with E-state index in [1.165, 1.54) is 5.56 Å². The van der Waals surface area contributed by atoms with Crippen LogP contribution in [0.5, 0.6) is 0 Å². The molecule has 28 heavy (non-hydrogen) atoms. The Morgan fingerprint density at radius 1 is 0.750 bits per heavy atom. The van der Waals surface area contributed by atoms with Gasteiger partial charge in [-0.25, -0.2) is 4.68 Å². The summed E-state index contributed by atoms with van der Waals surface area (Å²) in [4.78, 5) is 0. The lowest BCUT2D eigenvalue weighted by molar-refractivity contribution is 0.584. The third-order valence-corrected chi connectivity index (χ3v) is 4.68. The van der Waals surface area contributed by atoms with E-state index in [2.05, 4.69) is 20.5 Å². The molecule has 5 aromatic rings. The van der Waals surface area contributed by atoms with Crippen LogP contribution < -0.4 is 0 Å². The minimum Gasteiger partial charge on any atom is -0.416 e. The summed E-state index contributed by atoms with van der Waals surface area (Å²) >= 11 is 0. The summed E-state index contributed by atoms with van der Waals surface area (Å²) in [7, 11) is 0. The van der Waals surface area contributed by atoms with Crippen molar-refractivity contribution in [2.45, 2.75) is 13.5 Å². The second-order valence-corrected chi connectivity index (χ2v) is 6.71. The normalized spacial score (nSPS) is 11.2. The number of nitrogens with zero attached hydrogens (tertiary/aromatic N) is 5. The van der Waals surface area contributed by atoms with Crippen molar-refractivity contribution in [3.05, 3.63) is 83.9 Å². The Kier molecular flexibility index (Phi) is 3.94. The highest BCUT2D eigenvalue weighted by atomic mass is 16.4. The minimum absolute atomic E-state index is 0.508. The summed E-state index contributed by atoms with van der Waals surface area (Å²) in [5.41, 5.74) is 6.04. The molecule has 0 aliphatic heterocycles. The first-order chi connectivity index (χ1) is 13.8. The molecule has 0 aliphatic rings. The van der Waals surface area contributed by atoms with Crippen LogP contribution in [-0.2, 0) is 6.54 Å². The number of hydrogen-bond donors (Lipinski definition) is 0. The fourth-order valence-corrected chi connectivity index (χ4v) is 3.11. The van der Waals surface area contributed by atoms with E-state index < -0.39 is 0 Å². The van der Waals surface area contributed by atoms with Crippen LogP contribution in [0.3, 0.4) is 0 Å². The van der Waals surface area contributed by atoms with Gasteiger partial charge in [0.25, 0.3) is 0 Å². The van der Waals surface area contributed by atoms with Crippen LogP contribution in [0, 0.1) is 6.92 Å². The second-order valence-electron chi connectivity index (χ2n) is 6.71. The number of rotatable bonds is 4. The molecule has 3 aromatic carbocycles. The van der Waals surface area contributed by atoms with Crippen LogP contribution in [0.15, 0.2) is 77.2 Å². The molecule has 136 valence electrons. The molecule has 0 amide bonds. The minimum atomic E-state index is 0.508. The largest absolute Gasteiger partial charge is 0.416 e. The predicted molar refractivity (Wildman–Crippen MR) is 107 cm³/mol. The fourth-order valence-electron chi connectivity index (χ4n) is 3.11. The van der Waals surface area contributed by atoms with Gasteiger partial charge in [0.15, 0.2) is 0 Å². The molecular formula is C22H17N5O. The van der Waals surface area contributed by atoms with Crippen molar-refractivity contribution < 1.29 is 4.42 Å². The van der Waals surface area contributed by atoms with Crippen molar-refractivity contribution in [3.8, 4) is 22.9 Å². The number of para-hydroxylation sites is 1. The van der Waals surface area contributed by atoms with Gasteiger partial charge in [0, 0.05) is 11.1 Å². The Bertz CT molecular complexity index is 1240. The van der Waals surface area contributed by atoms with Crippen LogP contribution in [0.1, 0.15) is 11.1 Å². The van der Waals surface area contributed by atoms with E-state index in [1.54, 1.807) is 0 Å². The van der Waals surface area contributed by atoms with Gasteiger partial charge in [0.1, 0.15) is 5.52 Å². The summed E-state index contributed by atoms with van der Waals surface area (Å²) < 4.78 is 7.74. The molecule has 6 heteroatoms. The molecular weight excluding hydrogens is 350 g/mol. The third kappa shape index (κ3) is 3.05. The zero-order valence-corrected chi connectivity index (χ0v) is 15.3. The molecule has 2 heterocycles. The number of benzene rings is 3. The van der Waals surface area contributed by atoms with E-state index in [0.29, 0.717) is 18.3 Å². The number of aryl methyl sites for hydroxylation is 1. The monoisotopic (exact) mass is 367 g/mol. The average Bonchev–Trinajstić information content (AvgIpc) is 3.37. The maximum absolute atomic E-state index is 5.85. The molecule has 0 radical (unpaired) electrons. The molecule has 0 aliphatic carbocycles. The maximum Gasteiger partial charge on any atom is 0.248 e. The van der Waals surface area contributed by atoms with E-state index in [-0.39, 0.29) is 0 Å². The van der Waals surface area contributed by atoms with Gasteiger partial charge >= 0.3 is 0 Å². The zero-order chi connectivity index (χ0) is 18.9. The first-order valence-corrected chi connectivity index (χ1v) is 9.04. The highest BCUT2D eigenvalue weighted by Crippen LogP contribution is 2.24. The molecule has 0 fully saturated rings.